The predicted octanol–water partition coefficient (Wildman–Crippen LogP) is 2.87. The number of carbonyl (C=O) groups excluding carboxylic acids is 1. The minimum atomic E-state index is -3.89. The van der Waals surface area contributed by atoms with Gasteiger partial charge >= 0.3 is 0 Å². The second-order valence-electron chi connectivity index (χ2n) is 5.51. The molecule has 2 aromatic carbocycles. The number of benzene rings is 2. The van der Waals surface area contributed by atoms with E-state index in [0.29, 0.717) is 0 Å². The first-order valence-electron chi connectivity index (χ1n) is 7.29. The summed E-state index contributed by atoms with van der Waals surface area (Å²) in [5, 5.41) is 10.0. The molecule has 24 heavy (non-hydrogen) atoms. The molecule has 5 nitrogen and oxygen atoms in total. The third kappa shape index (κ3) is 3.90. The topological polar surface area (TPSA) is 83.5 Å². The highest BCUT2D eigenvalue weighted by Gasteiger charge is 2.27. The third-order valence-electron chi connectivity index (χ3n) is 3.65. The smallest absolute Gasteiger partial charge is 0.241 e. The Morgan fingerprint density at radius 1 is 1.12 bits per heavy atom. The van der Waals surface area contributed by atoms with Gasteiger partial charge in [-0.15, -0.1) is 0 Å². The van der Waals surface area contributed by atoms with Crippen LogP contribution in [0.5, 0.6) is 5.75 Å². The SMILES string of the molecule is C=C(C(C)=O)C(NS(=O)(=O)c1ccc(C)cc1)c1ccccc1O. The zero-order chi connectivity index (χ0) is 17.9. The second kappa shape index (κ2) is 6.98. The average molecular weight is 345 g/mol. The van der Waals surface area contributed by atoms with Gasteiger partial charge in [0.15, 0.2) is 5.78 Å². The maximum atomic E-state index is 12.6. The van der Waals surface area contributed by atoms with Crippen molar-refractivity contribution in [2.75, 3.05) is 0 Å². The summed E-state index contributed by atoms with van der Waals surface area (Å²) in [5.74, 6) is -0.480. The van der Waals surface area contributed by atoms with Gasteiger partial charge in [-0.05, 0) is 32.0 Å². The number of nitrogens with one attached hydrogen (secondary N) is 1. The number of aryl methyl sites for hydroxylation is 1. The summed E-state index contributed by atoms with van der Waals surface area (Å²) in [6.07, 6.45) is 0. The van der Waals surface area contributed by atoms with Crippen molar-refractivity contribution in [2.24, 2.45) is 0 Å². The van der Waals surface area contributed by atoms with E-state index >= 15 is 0 Å². The van der Waals surface area contributed by atoms with E-state index in [1.807, 2.05) is 6.92 Å². The fraction of sp³-hybridized carbons (Fsp3) is 0.167. The molecule has 0 saturated carbocycles. The quantitative estimate of drug-likeness (QED) is 0.789. The summed E-state index contributed by atoms with van der Waals surface area (Å²) in [6.45, 7) is 6.83. The Kier molecular flexibility index (Phi) is 5.21. The Bertz CT molecular complexity index is 870. The van der Waals surface area contributed by atoms with Gasteiger partial charge < -0.3 is 5.11 Å². The van der Waals surface area contributed by atoms with Crippen molar-refractivity contribution in [3.63, 3.8) is 0 Å². The lowest BCUT2D eigenvalue weighted by molar-refractivity contribution is -0.113. The zero-order valence-corrected chi connectivity index (χ0v) is 14.3. The van der Waals surface area contributed by atoms with Crippen molar-refractivity contribution in [3.8, 4) is 5.75 Å². The number of sulfonamides is 1. The van der Waals surface area contributed by atoms with E-state index in [-0.39, 0.29) is 27.6 Å². The van der Waals surface area contributed by atoms with Crippen LogP contribution in [-0.2, 0) is 14.8 Å². The highest BCUT2D eigenvalue weighted by Crippen LogP contribution is 2.30. The van der Waals surface area contributed by atoms with E-state index in [4.69, 9.17) is 0 Å². The Hall–Kier alpha value is -2.44. The summed E-state index contributed by atoms with van der Waals surface area (Å²) in [5.41, 5.74) is 1.25. The molecule has 0 fully saturated rings. The van der Waals surface area contributed by atoms with Crippen LogP contribution in [0.2, 0.25) is 0 Å². The van der Waals surface area contributed by atoms with Crippen molar-refractivity contribution in [2.45, 2.75) is 24.8 Å². The van der Waals surface area contributed by atoms with Crippen LogP contribution in [0.1, 0.15) is 24.1 Å². The number of phenolic OH excluding ortho intramolecular Hbond substituents is 1. The number of para-hydroxylation sites is 1. The molecule has 0 amide bonds. The fourth-order valence-electron chi connectivity index (χ4n) is 2.20. The van der Waals surface area contributed by atoms with E-state index in [0.717, 1.165) is 5.56 Å². The molecule has 0 spiro atoms. The van der Waals surface area contributed by atoms with Gasteiger partial charge in [-0.25, -0.2) is 8.42 Å². The second-order valence-corrected chi connectivity index (χ2v) is 7.22. The zero-order valence-electron chi connectivity index (χ0n) is 13.5. The molecule has 0 saturated heterocycles. The molecule has 126 valence electrons. The van der Waals surface area contributed by atoms with Gasteiger partial charge in [0.05, 0.1) is 10.9 Å². The molecule has 0 aromatic heterocycles. The van der Waals surface area contributed by atoms with Gasteiger partial charge in [-0.3, -0.25) is 4.79 Å². The maximum absolute atomic E-state index is 12.6. The maximum Gasteiger partial charge on any atom is 0.241 e. The lowest BCUT2D eigenvalue weighted by Gasteiger charge is -2.21. The van der Waals surface area contributed by atoms with E-state index in [9.17, 15) is 18.3 Å². The number of hydrogen-bond acceptors (Lipinski definition) is 4. The highest BCUT2D eigenvalue weighted by atomic mass is 32.2. The van der Waals surface area contributed by atoms with Gasteiger partial charge in [-0.1, -0.05) is 42.5 Å². The number of phenols is 1. The molecule has 1 atom stereocenters. The van der Waals surface area contributed by atoms with E-state index in [1.54, 1.807) is 30.3 Å². The van der Waals surface area contributed by atoms with Gasteiger partial charge in [0.1, 0.15) is 5.75 Å². The summed E-state index contributed by atoms with van der Waals surface area (Å²) in [4.78, 5) is 11.8. The number of rotatable bonds is 6. The van der Waals surface area contributed by atoms with Crippen LogP contribution in [0.25, 0.3) is 0 Å². The van der Waals surface area contributed by atoms with Crippen molar-refractivity contribution in [1.82, 2.24) is 4.72 Å². The molecular formula is C18H19NO4S. The monoisotopic (exact) mass is 345 g/mol. The van der Waals surface area contributed by atoms with Crippen LogP contribution in [0, 0.1) is 6.92 Å². The van der Waals surface area contributed by atoms with Gasteiger partial charge in [0.2, 0.25) is 10.0 Å². The first-order valence-corrected chi connectivity index (χ1v) is 8.77. The molecule has 1 unspecified atom stereocenters. The van der Waals surface area contributed by atoms with Crippen LogP contribution >= 0.6 is 0 Å². The van der Waals surface area contributed by atoms with Crippen LogP contribution in [0.15, 0.2) is 65.6 Å². The Morgan fingerprint density at radius 2 is 1.71 bits per heavy atom. The summed E-state index contributed by atoms with van der Waals surface area (Å²) in [7, 11) is -3.89. The van der Waals surface area contributed by atoms with E-state index in [2.05, 4.69) is 11.3 Å². The molecule has 0 aliphatic rings. The lowest BCUT2D eigenvalue weighted by atomic mass is 9.97. The van der Waals surface area contributed by atoms with Gasteiger partial charge in [0, 0.05) is 11.1 Å². The number of aromatic hydroxyl groups is 1. The van der Waals surface area contributed by atoms with Crippen LogP contribution in [-0.4, -0.2) is 19.3 Å². The Morgan fingerprint density at radius 3 is 2.25 bits per heavy atom. The number of hydrogen-bond donors (Lipinski definition) is 2. The number of ketones is 1. The standard InChI is InChI=1S/C18H19NO4S/c1-12-8-10-15(11-9-12)24(22,23)19-18(13(2)14(3)20)16-6-4-5-7-17(16)21/h4-11,18-19,21H,2H2,1,3H3. The minimum absolute atomic E-state index is 0.0483. The molecule has 0 aliphatic heterocycles. The van der Waals surface area contributed by atoms with Crippen LogP contribution in [0.4, 0.5) is 0 Å². The molecule has 0 heterocycles. The first kappa shape index (κ1) is 17.9. The van der Waals surface area contributed by atoms with Gasteiger partial charge in [-0.2, -0.15) is 4.72 Å². The molecule has 2 aromatic rings. The largest absolute Gasteiger partial charge is 0.508 e. The lowest BCUT2D eigenvalue weighted by Crippen LogP contribution is -2.31. The summed E-state index contributed by atoms with van der Waals surface area (Å²) < 4.78 is 27.7. The average Bonchev–Trinajstić information content (AvgIpc) is 2.53. The van der Waals surface area contributed by atoms with E-state index < -0.39 is 16.1 Å². The molecular weight excluding hydrogens is 326 g/mol. The van der Waals surface area contributed by atoms with Crippen molar-refractivity contribution < 1.29 is 18.3 Å². The number of Topliss-reactive ketones (excluding diaryl/α,β-unsaturated/α-hetero) is 1. The first-order chi connectivity index (χ1) is 11.2. The van der Waals surface area contributed by atoms with Crippen molar-refractivity contribution in [1.29, 1.82) is 0 Å². The fourth-order valence-corrected chi connectivity index (χ4v) is 3.41. The molecule has 6 heteroatoms. The highest BCUT2D eigenvalue weighted by molar-refractivity contribution is 7.89. The van der Waals surface area contributed by atoms with Crippen molar-refractivity contribution in [3.05, 3.63) is 71.8 Å². The van der Waals surface area contributed by atoms with E-state index in [1.165, 1.54) is 25.1 Å². The Balaban J connectivity index is 2.45. The summed E-state index contributed by atoms with van der Waals surface area (Å²) in [6, 6.07) is 11.5. The van der Waals surface area contributed by atoms with Crippen LogP contribution < -0.4 is 4.72 Å². The number of carbonyl (C=O) groups is 1. The predicted molar refractivity (Wildman–Crippen MR) is 92.2 cm³/mol. The van der Waals surface area contributed by atoms with Crippen molar-refractivity contribution >= 4 is 15.8 Å². The molecule has 2 N–H and O–H groups in total. The molecule has 0 radical (unpaired) electrons. The summed E-state index contributed by atoms with van der Waals surface area (Å²) >= 11 is 0. The molecule has 2 rings (SSSR count). The minimum Gasteiger partial charge on any atom is -0.508 e. The Labute approximate surface area is 141 Å². The third-order valence-corrected chi connectivity index (χ3v) is 5.09. The van der Waals surface area contributed by atoms with Gasteiger partial charge in [0.25, 0.3) is 0 Å². The molecule has 0 aliphatic carbocycles. The molecule has 0 bridgehead atoms. The normalized spacial score (nSPS) is 12.6. The van der Waals surface area contributed by atoms with Crippen LogP contribution in [0.3, 0.4) is 0 Å².